The van der Waals surface area contributed by atoms with Crippen molar-refractivity contribution in [1.29, 1.82) is 0 Å². The Bertz CT molecular complexity index is 672. The summed E-state index contributed by atoms with van der Waals surface area (Å²) >= 11 is 0. The number of hydrogen-bond donors (Lipinski definition) is 1. The molecule has 0 bridgehead atoms. The number of alkyl halides is 3. The molecule has 0 spiro atoms. The molecular formula is C14H12F3N3O2. The maximum Gasteiger partial charge on any atom is 0.416 e. The van der Waals surface area contributed by atoms with Crippen molar-refractivity contribution >= 4 is 11.5 Å². The average Bonchev–Trinajstić information content (AvgIpc) is 2.47. The lowest BCUT2D eigenvalue weighted by Crippen LogP contribution is -2.10. The molecule has 1 aromatic heterocycles. The molecule has 8 heteroatoms. The molecule has 0 saturated heterocycles. The van der Waals surface area contributed by atoms with Crippen LogP contribution in [0, 0.1) is 10.1 Å². The van der Waals surface area contributed by atoms with Crippen LogP contribution in [0.1, 0.15) is 24.1 Å². The standard InChI is InChI=1S/C14H12F3N3O2/c1-9(10-3-2-4-11(7-10)14(15,16)17)19-13-6-5-12(8-18-13)20(21)22/h2-9H,1H3,(H,18,19). The highest BCUT2D eigenvalue weighted by Crippen LogP contribution is 2.31. The van der Waals surface area contributed by atoms with Crippen LogP contribution >= 0.6 is 0 Å². The van der Waals surface area contributed by atoms with E-state index in [-0.39, 0.29) is 5.69 Å². The van der Waals surface area contributed by atoms with Crippen LogP contribution in [0.15, 0.2) is 42.6 Å². The molecule has 1 heterocycles. The summed E-state index contributed by atoms with van der Waals surface area (Å²) in [4.78, 5) is 13.8. The van der Waals surface area contributed by atoms with E-state index in [1.54, 1.807) is 13.0 Å². The highest BCUT2D eigenvalue weighted by atomic mass is 19.4. The maximum atomic E-state index is 12.7. The highest BCUT2D eigenvalue weighted by molar-refractivity contribution is 5.42. The van der Waals surface area contributed by atoms with Crippen LogP contribution in [0.4, 0.5) is 24.7 Å². The van der Waals surface area contributed by atoms with Crippen LogP contribution in [0.5, 0.6) is 0 Å². The van der Waals surface area contributed by atoms with Gasteiger partial charge >= 0.3 is 6.18 Å². The van der Waals surface area contributed by atoms with Gasteiger partial charge in [0.05, 0.1) is 10.5 Å². The number of nitro groups is 1. The van der Waals surface area contributed by atoms with E-state index in [0.29, 0.717) is 11.4 Å². The van der Waals surface area contributed by atoms with Crippen molar-refractivity contribution in [3.8, 4) is 0 Å². The van der Waals surface area contributed by atoms with Crippen molar-refractivity contribution in [2.45, 2.75) is 19.1 Å². The van der Waals surface area contributed by atoms with Crippen molar-refractivity contribution in [3.05, 3.63) is 63.8 Å². The molecule has 0 aliphatic rings. The summed E-state index contributed by atoms with van der Waals surface area (Å²) in [6, 6.07) is 7.20. The number of anilines is 1. The van der Waals surface area contributed by atoms with Gasteiger partial charge in [0, 0.05) is 12.1 Å². The van der Waals surface area contributed by atoms with Crippen LogP contribution < -0.4 is 5.32 Å². The van der Waals surface area contributed by atoms with Gasteiger partial charge in [-0.15, -0.1) is 0 Å². The Hall–Kier alpha value is -2.64. The summed E-state index contributed by atoms with van der Waals surface area (Å²) in [5, 5.41) is 13.4. The van der Waals surface area contributed by atoms with E-state index in [9.17, 15) is 23.3 Å². The lowest BCUT2D eigenvalue weighted by Gasteiger charge is -2.16. The molecule has 0 aliphatic heterocycles. The van der Waals surface area contributed by atoms with Crippen molar-refractivity contribution < 1.29 is 18.1 Å². The largest absolute Gasteiger partial charge is 0.416 e. The third kappa shape index (κ3) is 3.72. The van der Waals surface area contributed by atoms with Gasteiger partial charge < -0.3 is 5.32 Å². The fraction of sp³-hybridized carbons (Fsp3) is 0.214. The van der Waals surface area contributed by atoms with Gasteiger partial charge in [-0.1, -0.05) is 12.1 Å². The van der Waals surface area contributed by atoms with Gasteiger partial charge in [-0.25, -0.2) is 4.98 Å². The maximum absolute atomic E-state index is 12.7. The summed E-state index contributed by atoms with van der Waals surface area (Å²) in [5.74, 6) is 0.343. The third-order valence-electron chi connectivity index (χ3n) is 3.04. The van der Waals surface area contributed by atoms with E-state index in [1.165, 1.54) is 18.2 Å². The fourth-order valence-electron chi connectivity index (χ4n) is 1.87. The van der Waals surface area contributed by atoms with Crippen molar-refractivity contribution in [3.63, 3.8) is 0 Å². The van der Waals surface area contributed by atoms with Gasteiger partial charge in [-0.3, -0.25) is 10.1 Å². The average molecular weight is 311 g/mol. The zero-order chi connectivity index (χ0) is 16.3. The molecule has 0 aliphatic carbocycles. The molecule has 0 amide bonds. The smallest absolute Gasteiger partial charge is 0.364 e. The predicted molar refractivity (Wildman–Crippen MR) is 74.4 cm³/mol. The number of rotatable bonds is 4. The molecule has 1 atom stereocenters. The normalized spacial score (nSPS) is 12.7. The van der Waals surface area contributed by atoms with Crippen LogP contribution in [0.25, 0.3) is 0 Å². The van der Waals surface area contributed by atoms with Gasteiger partial charge in [-0.2, -0.15) is 13.2 Å². The Balaban J connectivity index is 2.15. The first-order valence-electron chi connectivity index (χ1n) is 6.31. The van der Waals surface area contributed by atoms with E-state index in [0.717, 1.165) is 18.3 Å². The summed E-state index contributed by atoms with van der Waals surface area (Å²) in [6.07, 6.45) is -3.32. The van der Waals surface area contributed by atoms with E-state index in [4.69, 9.17) is 0 Å². The Kier molecular flexibility index (Phi) is 4.30. The van der Waals surface area contributed by atoms with Crippen LogP contribution in [0.2, 0.25) is 0 Å². The molecule has 2 rings (SSSR count). The molecule has 1 aromatic carbocycles. The molecule has 5 nitrogen and oxygen atoms in total. The Morgan fingerprint density at radius 1 is 1.27 bits per heavy atom. The fourth-order valence-corrected chi connectivity index (χ4v) is 1.87. The van der Waals surface area contributed by atoms with Gasteiger partial charge in [0.15, 0.2) is 0 Å². The van der Waals surface area contributed by atoms with Gasteiger partial charge in [-0.05, 0) is 30.7 Å². The second kappa shape index (κ2) is 6.00. The second-order valence-corrected chi connectivity index (χ2v) is 4.65. The first-order valence-corrected chi connectivity index (χ1v) is 6.31. The monoisotopic (exact) mass is 311 g/mol. The summed E-state index contributed by atoms with van der Waals surface area (Å²) < 4.78 is 38.0. The van der Waals surface area contributed by atoms with Crippen LogP contribution in [-0.2, 0) is 6.18 Å². The molecule has 0 radical (unpaired) electrons. The zero-order valence-corrected chi connectivity index (χ0v) is 11.5. The van der Waals surface area contributed by atoms with Crippen LogP contribution in [-0.4, -0.2) is 9.91 Å². The van der Waals surface area contributed by atoms with Crippen molar-refractivity contribution in [2.75, 3.05) is 5.32 Å². The first kappa shape index (κ1) is 15.7. The highest BCUT2D eigenvalue weighted by Gasteiger charge is 2.30. The van der Waals surface area contributed by atoms with Gasteiger partial charge in [0.25, 0.3) is 5.69 Å². The molecule has 116 valence electrons. The Morgan fingerprint density at radius 3 is 2.55 bits per heavy atom. The number of benzene rings is 1. The SMILES string of the molecule is CC(Nc1ccc([N+](=O)[O-])cn1)c1cccc(C(F)(F)F)c1. The van der Waals surface area contributed by atoms with Crippen molar-refractivity contribution in [1.82, 2.24) is 4.98 Å². The quantitative estimate of drug-likeness (QED) is 0.679. The van der Waals surface area contributed by atoms with Gasteiger partial charge in [0.2, 0.25) is 0 Å². The van der Waals surface area contributed by atoms with E-state index >= 15 is 0 Å². The molecule has 1 N–H and O–H groups in total. The number of hydrogen-bond acceptors (Lipinski definition) is 4. The second-order valence-electron chi connectivity index (χ2n) is 4.65. The lowest BCUT2D eigenvalue weighted by atomic mass is 10.0. The predicted octanol–water partition coefficient (Wildman–Crippen LogP) is 4.18. The minimum Gasteiger partial charge on any atom is -0.364 e. The molecular weight excluding hydrogens is 299 g/mol. The minimum absolute atomic E-state index is 0.155. The number of aromatic nitrogens is 1. The van der Waals surface area contributed by atoms with E-state index in [2.05, 4.69) is 10.3 Å². The zero-order valence-electron chi connectivity index (χ0n) is 11.5. The number of nitrogens with zero attached hydrogens (tertiary/aromatic N) is 2. The number of nitrogens with one attached hydrogen (secondary N) is 1. The summed E-state index contributed by atoms with van der Waals surface area (Å²) in [6.45, 7) is 1.68. The Morgan fingerprint density at radius 2 is 2.00 bits per heavy atom. The number of halogens is 3. The lowest BCUT2D eigenvalue weighted by molar-refractivity contribution is -0.385. The number of pyridine rings is 1. The third-order valence-corrected chi connectivity index (χ3v) is 3.04. The molecule has 2 aromatic rings. The first-order chi connectivity index (χ1) is 10.3. The summed E-state index contributed by atoms with van der Waals surface area (Å²) in [5.41, 5.74) is -0.442. The van der Waals surface area contributed by atoms with Crippen LogP contribution in [0.3, 0.4) is 0 Å². The van der Waals surface area contributed by atoms with Crippen molar-refractivity contribution in [2.24, 2.45) is 0 Å². The van der Waals surface area contributed by atoms with E-state index < -0.39 is 22.7 Å². The van der Waals surface area contributed by atoms with E-state index in [1.807, 2.05) is 0 Å². The van der Waals surface area contributed by atoms with Gasteiger partial charge in [0.1, 0.15) is 12.0 Å². The molecule has 0 saturated carbocycles. The minimum atomic E-state index is -4.40. The molecule has 1 unspecified atom stereocenters. The topological polar surface area (TPSA) is 68.1 Å². The molecule has 0 fully saturated rings. The Labute approximate surface area is 124 Å². The molecule has 22 heavy (non-hydrogen) atoms. The summed E-state index contributed by atoms with van der Waals surface area (Å²) in [7, 11) is 0.